The molecule has 0 bridgehead atoms. The van der Waals surface area contributed by atoms with Gasteiger partial charge >= 0.3 is 0 Å². The summed E-state index contributed by atoms with van der Waals surface area (Å²) in [6, 6.07) is 3.53. The highest BCUT2D eigenvalue weighted by molar-refractivity contribution is 7.92. The lowest BCUT2D eigenvalue weighted by atomic mass is 10.1. The number of sulfone groups is 1. The van der Waals surface area contributed by atoms with Crippen LogP contribution in [0.1, 0.15) is 25.1 Å². The van der Waals surface area contributed by atoms with Crippen molar-refractivity contribution in [3.8, 4) is 0 Å². The van der Waals surface area contributed by atoms with Crippen LogP contribution >= 0.6 is 11.6 Å². The maximum atomic E-state index is 12.0. The third-order valence-electron chi connectivity index (χ3n) is 3.48. The van der Waals surface area contributed by atoms with Gasteiger partial charge in [0.2, 0.25) is 0 Å². The molecule has 0 spiro atoms. The van der Waals surface area contributed by atoms with Crippen LogP contribution in [0.2, 0.25) is 5.02 Å². The molecule has 0 N–H and O–H groups in total. The SMILES string of the molecule is O=S1(=O)CCCCC1Cc1nc2c(Cl)cccn2n1. The van der Waals surface area contributed by atoms with Gasteiger partial charge < -0.3 is 0 Å². The topological polar surface area (TPSA) is 64.3 Å². The lowest BCUT2D eigenvalue weighted by Crippen LogP contribution is -2.30. The van der Waals surface area contributed by atoms with Crippen molar-refractivity contribution in [3.63, 3.8) is 0 Å². The summed E-state index contributed by atoms with van der Waals surface area (Å²) in [5.74, 6) is 0.829. The van der Waals surface area contributed by atoms with Gasteiger partial charge in [0.25, 0.3) is 0 Å². The summed E-state index contributed by atoms with van der Waals surface area (Å²) in [6.07, 6.45) is 4.56. The molecule has 2 aromatic rings. The molecule has 3 heterocycles. The molecule has 2 aromatic heterocycles. The first-order valence-electron chi connectivity index (χ1n) is 6.27. The van der Waals surface area contributed by atoms with Gasteiger partial charge in [-0.2, -0.15) is 5.10 Å². The number of halogens is 1. The molecule has 1 unspecified atom stereocenters. The molecule has 0 radical (unpaired) electrons. The van der Waals surface area contributed by atoms with Gasteiger partial charge in [0.15, 0.2) is 21.3 Å². The molecular formula is C12H14ClN3O2S. The Morgan fingerprint density at radius 1 is 1.42 bits per heavy atom. The van der Waals surface area contributed by atoms with Crippen LogP contribution in [-0.4, -0.2) is 34.0 Å². The zero-order valence-electron chi connectivity index (χ0n) is 10.3. The first-order valence-corrected chi connectivity index (χ1v) is 8.37. The summed E-state index contributed by atoms with van der Waals surface area (Å²) < 4.78 is 25.6. The third kappa shape index (κ3) is 2.47. The molecule has 19 heavy (non-hydrogen) atoms. The standard InChI is InChI=1S/C12H14ClN3O2S/c13-10-5-3-6-16-12(10)14-11(15-16)8-9-4-1-2-7-19(9,17)18/h3,5-6,9H,1-2,4,7-8H2. The molecule has 0 amide bonds. The van der Waals surface area contributed by atoms with E-state index in [9.17, 15) is 8.42 Å². The molecule has 3 rings (SSSR count). The Morgan fingerprint density at radius 3 is 3.00 bits per heavy atom. The van der Waals surface area contributed by atoms with Crippen molar-refractivity contribution < 1.29 is 8.42 Å². The molecule has 1 aliphatic rings. The second kappa shape index (κ2) is 4.76. The molecular weight excluding hydrogens is 286 g/mol. The Labute approximate surface area is 116 Å². The summed E-state index contributed by atoms with van der Waals surface area (Å²) >= 11 is 6.03. The summed E-state index contributed by atoms with van der Waals surface area (Å²) in [7, 11) is -2.99. The second-order valence-electron chi connectivity index (χ2n) is 4.84. The third-order valence-corrected chi connectivity index (χ3v) is 6.05. The van der Waals surface area contributed by atoms with Gasteiger partial charge in [-0.3, -0.25) is 0 Å². The average molecular weight is 300 g/mol. The zero-order valence-corrected chi connectivity index (χ0v) is 11.9. The van der Waals surface area contributed by atoms with Gasteiger partial charge in [-0.05, 0) is 25.0 Å². The Morgan fingerprint density at radius 2 is 2.26 bits per heavy atom. The minimum atomic E-state index is -2.99. The van der Waals surface area contributed by atoms with Gasteiger partial charge in [0, 0.05) is 12.6 Å². The van der Waals surface area contributed by atoms with Crippen LogP contribution in [0.25, 0.3) is 5.65 Å². The Bertz CT molecular complexity index is 711. The van der Waals surface area contributed by atoms with E-state index in [-0.39, 0.29) is 11.0 Å². The van der Waals surface area contributed by atoms with Crippen LogP contribution in [-0.2, 0) is 16.3 Å². The molecule has 0 aromatic carbocycles. The minimum absolute atomic E-state index is 0.284. The van der Waals surface area contributed by atoms with Crippen LogP contribution in [0, 0.1) is 0 Å². The maximum Gasteiger partial charge on any atom is 0.174 e. The van der Waals surface area contributed by atoms with Gasteiger partial charge in [-0.1, -0.05) is 18.0 Å². The largest absolute Gasteiger partial charge is 0.229 e. The molecule has 102 valence electrons. The van der Waals surface area contributed by atoms with Crippen molar-refractivity contribution >= 4 is 27.1 Å². The molecule has 1 saturated heterocycles. The van der Waals surface area contributed by atoms with Crippen molar-refractivity contribution in [2.45, 2.75) is 30.9 Å². The summed E-state index contributed by atoms with van der Waals surface area (Å²) in [5, 5.41) is 4.46. The van der Waals surface area contributed by atoms with Crippen LogP contribution in [0.5, 0.6) is 0 Å². The first-order chi connectivity index (χ1) is 9.06. The smallest absolute Gasteiger partial charge is 0.174 e. The fraction of sp³-hybridized carbons (Fsp3) is 0.500. The number of hydrogen-bond acceptors (Lipinski definition) is 4. The van der Waals surface area contributed by atoms with E-state index in [4.69, 9.17) is 11.6 Å². The van der Waals surface area contributed by atoms with Crippen LogP contribution in [0.4, 0.5) is 0 Å². The van der Waals surface area contributed by atoms with E-state index in [2.05, 4.69) is 10.1 Å². The number of aromatic nitrogens is 3. The summed E-state index contributed by atoms with van der Waals surface area (Å²) in [4.78, 5) is 4.33. The first kappa shape index (κ1) is 12.9. The Hall–Kier alpha value is -1.14. The van der Waals surface area contributed by atoms with Crippen molar-refractivity contribution in [1.29, 1.82) is 0 Å². The molecule has 7 heteroatoms. The molecule has 0 saturated carbocycles. The monoisotopic (exact) mass is 299 g/mol. The second-order valence-corrected chi connectivity index (χ2v) is 7.65. The minimum Gasteiger partial charge on any atom is -0.229 e. The predicted octanol–water partition coefficient (Wildman–Crippen LogP) is 1.89. The molecule has 1 aliphatic heterocycles. The lowest BCUT2D eigenvalue weighted by molar-refractivity contribution is 0.534. The predicted molar refractivity (Wildman–Crippen MR) is 73.1 cm³/mol. The van der Waals surface area contributed by atoms with E-state index in [1.54, 1.807) is 22.8 Å². The van der Waals surface area contributed by atoms with E-state index in [0.717, 1.165) is 12.8 Å². The quantitative estimate of drug-likeness (QED) is 0.849. The Kier molecular flexibility index (Phi) is 3.22. The molecule has 0 aliphatic carbocycles. The average Bonchev–Trinajstić information content (AvgIpc) is 2.76. The van der Waals surface area contributed by atoms with Crippen LogP contribution in [0.15, 0.2) is 18.3 Å². The molecule has 5 nitrogen and oxygen atoms in total. The van der Waals surface area contributed by atoms with Gasteiger partial charge in [-0.25, -0.2) is 17.9 Å². The fourth-order valence-electron chi connectivity index (χ4n) is 2.46. The van der Waals surface area contributed by atoms with Crippen molar-refractivity contribution in [2.24, 2.45) is 0 Å². The van der Waals surface area contributed by atoms with Gasteiger partial charge in [0.05, 0.1) is 16.0 Å². The summed E-state index contributed by atoms with van der Waals surface area (Å²) in [6.45, 7) is 0. The van der Waals surface area contributed by atoms with Crippen LogP contribution in [0.3, 0.4) is 0 Å². The summed E-state index contributed by atoms with van der Waals surface area (Å²) in [5.41, 5.74) is 0.576. The highest BCUT2D eigenvalue weighted by atomic mass is 35.5. The van der Waals surface area contributed by atoms with E-state index in [0.29, 0.717) is 29.3 Å². The number of hydrogen-bond donors (Lipinski definition) is 0. The number of nitrogens with zero attached hydrogens (tertiary/aromatic N) is 3. The van der Waals surface area contributed by atoms with Gasteiger partial charge in [0.1, 0.15) is 0 Å². The fourth-order valence-corrected chi connectivity index (χ4v) is 4.53. The maximum absolute atomic E-state index is 12.0. The van der Waals surface area contributed by atoms with E-state index in [1.165, 1.54) is 0 Å². The van der Waals surface area contributed by atoms with E-state index in [1.807, 2.05) is 0 Å². The number of pyridine rings is 1. The number of rotatable bonds is 2. The van der Waals surface area contributed by atoms with E-state index >= 15 is 0 Å². The normalized spacial score (nSPS) is 22.7. The number of fused-ring (bicyclic) bond motifs is 1. The molecule has 1 atom stereocenters. The highest BCUT2D eigenvalue weighted by Gasteiger charge is 2.30. The van der Waals surface area contributed by atoms with Gasteiger partial charge in [-0.15, -0.1) is 0 Å². The molecule has 1 fully saturated rings. The van der Waals surface area contributed by atoms with Crippen LogP contribution < -0.4 is 0 Å². The Balaban J connectivity index is 1.91. The van der Waals surface area contributed by atoms with Crippen molar-refractivity contribution in [1.82, 2.24) is 14.6 Å². The van der Waals surface area contributed by atoms with Crippen molar-refractivity contribution in [2.75, 3.05) is 5.75 Å². The van der Waals surface area contributed by atoms with E-state index < -0.39 is 9.84 Å². The highest BCUT2D eigenvalue weighted by Crippen LogP contribution is 2.23. The zero-order chi connectivity index (χ0) is 13.5. The lowest BCUT2D eigenvalue weighted by Gasteiger charge is -2.20. The van der Waals surface area contributed by atoms with Crippen molar-refractivity contribution in [3.05, 3.63) is 29.2 Å².